The van der Waals surface area contributed by atoms with Crippen LogP contribution < -0.4 is 5.32 Å². The van der Waals surface area contributed by atoms with Crippen LogP contribution in [-0.2, 0) is 9.59 Å². The molecule has 2 amide bonds. The largest absolute Gasteiger partial charge is 0.391 e. The first-order chi connectivity index (χ1) is 14.2. The van der Waals surface area contributed by atoms with Crippen molar-refractivity contribution in [1.29, 1.82) is 0 Å². The Morgan fingerprint density at radius 3 is 2.50 bits per heavy atom. The van der Waals surface area contributed by atoms with Gasteiger partial charge in [0.25, 0.3) is 0 Å². The molecule has 30 heavy (non-hydrogen) atoms. The lowest BCUT2D eigenvalue weighted by molar-refractivity contribution is -0.144. The number of nitrogens with zero attached hydrogens (tertiary/aromatic N) is 4. The SMILES string of the molecule is CNC(=O)[C@@H]1C[C@@H](O)CN1C(=O)[C@@H](n1cc(-c2ccc(SC)cc2)nn1)C(C)(C)C. The van der Waals surface area contributed by atoms with Crippen LogP contribution >= 0.6 is 11.8 Å². The van der Waals surface area contributed by atoms with Crippen molar-refractivity contribution in [2.45, 2.75) is 50.3 Å². The van der Waals surface area contributed by atoms with E-state index in [9.17, 15) is 14.7 Å². The van der Waals surface area contributed by atoms with E-state index in [-0.39, 0.29) is 24.8 Å². The normalized spacial score (nSPS) is 20.3. The molecule has 0 unspecified atom stereocenters. The summed E-state index contributed by atoms with van der Waals surface area (Å²) in [7, 11) is 1.53. The molecule has 0 saturated carbocycles. The first-order valence-corrected chi connectivity index (χ1v) is 11.1. The second kappa shape index (κ2) is 8.77. The minimum absolute atomic E-state index is 0.126. The first-order valence-electron chi connectivity index (χ1n) is 9.92. The number of aliphatic hydroxyl groups is 1. The number of likely N-dealkylation sites (N-methyl/N-ethyl adjacent to an activating group) is 1. The van der Waals surface area contributed by atoms with E-state index in [0.717, 1.165) is 10.5 Å². The zero-order chi connectivity index (χ0) is 22.1. The van der Waals surface area contributed by atoms with Crippen molar-refractivity contribution in [3.8, 4) is 11.3 Å². The first kappa shape index (κ1) is 22.3. The molecule has 3 atom stereocenters. The number of nitrogens with one attached hydrogen (secondary N) is 1. The summed E-state index contributed by atoms with van der Waals surface area (Å²) in [6, 6.07) is 6.64. The molecule has 2 aromatic rings. The minimum atomic E-state index is -0.724. The van der Waals surface area contributed by atoms with Crippen molar-refractivity contribution in [2.24, 2.45) is 5.41 Å². The smallest absolute Gasteiger partial charge is 0.248 e. The molecule has 9 heteroatoms. The summed E-state index contributed by atoms with van der Waals surface area (Å²) in [5.74, 6) is -0.525. The van der Waals surface area contributed by atoms with E-state index in [0.29, 0.717) is 5.69 Å². The third kappa shape index (κ3) is 4.52. The van der Waals surface area contributed by atoms with Gasteiger partial charge in [-0.15, -0.1) is 16.9 Å². The van der Waals surface area contributed by atoms with E-state index < -0.39 is 23.6 Å². The molecule has 1 saturated heterocycles. The Bertz CT molecular complexity index is 906. The number of carbonyl (C=O) groups excluding carboxylic acids is 2. The third-order valence-electron chi connectivity index (χ3n) is 5.33. The zero-order valence-electron chi connectivity index (χ0n) is 18.0. The molecule has 2 N–H and O–H groups in total. The van der Waals surface area contributed by atoms with Gasteiger partial charge in [0, 0.05) is 30.5 Å². The Labute approximate surface area is 181 Å². The Morgan fingerprint density at radius 1 is 1.27 bits per heavy atom. The monoisotopic (exact) mass is 431 g/mol. The number of rotatable bonds is 5. The van der Waals surface area contributed by atoms with Gasteiger partial charge in [-0.2, -0.15) is 0 Å². The van der Waals surface area contributed by atoms with Gasteiger partial charge >= 0.3 is 0 Å². The van der Waals surface area contributed by atoms with E-state index in [1.165, 1.54) is 11.9 Å². The van der Waals surface area contributed by atoms with Crippen LogP contribution in [-0.4, -0.2) is 68.8 Å². The standard InChI is InChI=1S/C21H29N5O3S/c1-21(2,3)18(20(29)25-11-14(27)10-17(25)19(28)22-4)26-12-16(23-24-26)13-6-8-15(30-5)9-7-13/h6-9,12,14,17-18,27H,10-11H2,1-5H3,(H,22,28)/t14-,17+,18-/m1/s1. The molecule has 2 heterocycles. The predicted octanol–water partition coefficient (Wildman–Crippen LogP) is 1.96. The van der Waals surface area contributed by atoms with Gasteiger partial charge in [-0.25, -0.2) is 4.68 Å². The summed E-state index contributed by atoms with van der Waals surface area (Å²) >= 11 is 1.66. The van der Waals surface area contributed by atoms with Crippen LogP contribution in [0.2, 0.25) is 0 Å². The van der Waals surface area contributed by atoms with Crippen molar-refractivity contribution in [3.05, 3.63) is 30.5 Å². The second-order valence-electron chi connectivity index (χ2n) is 8.59. The maximum absolute atomic E-state index is 13.5. The molecule has 0 aliphatic carbocycles. The molecule has 0 spiro atoms. The molecule has 3 rings (SSSR count). The number of aliphatic hydroxyl groups excluding tert-OH is 1. The highest BCUT2D eigenvalue weighted by atomic mass is 32.2. The summed E-state index contributed by atoms with van der Waals surface area (Å²) in [5, 5.41) is 21.2. The van der Waals surface area contributed by atoms with Gasteiger partial charge in [0.15, 0.2) is 0 Å². The molecule has 1 aliphatic rings. The van der Waals surface area contributed by atoms with Gasteiger partial charge in [-0.1, -0.05) is 38.1 Å². The number of thioether (sulfide) groups is 1. The van der Waals surface area contributed by atoms with Gasteiger partial charge in [-0.05, 0) is 23.8 Å². The molecule has 1 aromatic carbocycles. The Balaban J connectivity index is 1.92. The van der Waals surface area contributed by atoms with E-state index in [2.05, 4.69) is 15.6 Å². The number of β-amino-alcohol motifs (C(OH)–C–C–N with tert-alkyl or cyclic N) is 1. The van der Waals surface area contributed by atoms with Crippen LogP contribution in [0, 0.1) is 5.41 Å². The molecule has 8 nitrogen and oxygen atoms in total. The molecule has 1 aliphatic heterocycles. The number of aromatic nitrogens is 3. The molecule has 1 aromatic heterocycles. The maximum Gasteiger partial charge on any atom is 0.248 e. The van der Waals surface area contributed by atoms with Gasteiger partial charge < -0.3 is 15.3 Å². The summed E-state index contributed by atoms with van der Waals surface area (Å²) in [6.45, 7) is 5.98. The molecular weight excluding hydrogens is 402 g/mol. The Kier molecular flexibility index (Phi) is 6.52. The quantitative estimate of drug-likeness (QED) is 0.702. The van der Waals surface area contributed by atoms with Crippen molar-refractivity contribution >= 4 is 23.6 Å². The maximum atomic E-state index is 13.5. The van der Waals surface area contributed by atoms with Gasteiger partial charge in [-0.3, -0.25) is 9.59 Å². The highest BCUT2D eigenvalue weighted by molar-refractivity contribution is 7.98. The van der Waals surface area contributed by atoms with Crippen LogP contribution in [0.25, 0.3) is 11.3 Å². The molecule has 0 radical (unpaired) electrons. The Hall–Kier alpha value is -2.39. The highest BCUT2D eigenvalue weighted by Crippen LogP contribution is 2.35. The Morgan fingerprint density at radius 2 is 1.93 bits per heavy atom. The van der Waals surface area contributed by atoms with Gasteiger partial charge in [0.1, 0.15) is 17.8 Å². The van der Waals surface area contributed by atoms with E-state index in [1.807, 2.05) is 51.3 Å². The number of likely N-dealkylation sites (tertiary alicyclic amines) is 1. The number of benzene rings is 1. The van der Waals surface area contributed by atoms with Crippen LogP contribution in [0.4, 0.5) is 0 Å². The third-order valence-corrected chi connectivity index (χ3v) is 6.07. The minimum Gasteiger partial charge on any atom is -0.391 e. The number of hydrogen-bond donors (Lipinski definition) is 2. The summed E-state index contributed by atoms with van der Waals surface area (Å²) in [4.78, 5) is 28.4. The van der Waals surface area contributed by atoms with E-state index >= 15 is 0 Å². The van der Waals surface area contributed by atoms with Crippen molar-refractivity contribution in [3.63, 3.8) is 0 Å². The van der Waals surface area contributed by atoms with Crippen LogP contribution in [0.3, 0.4) is 0 Å². The number of carbonyl (C=O) groups is 2. The number of amides is 2. The fourth-order valence-corrected chi connectivity index (χ4v) is 4.22. The molecular formula is C21H29N5O3S. The molecule has 162 valence electrons. The summed E-state index contributed by atoms with van der Waals surface area (Å²) in [5.41, 5.74) is 1.11. The van der Waals surface area contributed by atoms with E-state index in [1.54, 1.807) is 22.6 Å². The van der Waals surface area contributed by atoms with Crippen LogP contribution in [0.1, 0.15) is 33.2 Å². The average molecular weight is 432 g/mol. The van der Waals surface area contributed by atoms with E-state index in [4.69, 9.17) is 0 Å². The van der Waals surface area contributed by atoms with Crippen molar-refractivity contribution in [2.75, 3.05) is 19.8 Å². The topological polar surface area (TPSA) is 100 Å². The molecule has 1 fully saturated rings. The lowest BCUT2D eigenvalue weighted by Crippen LogP contribution is -2.49. The van der Waals surface area contributed by atoms with Gasteiger partial charge in [0.2, 0.25) is 11.8 Å². The lowest BCUT2D eigenvalue weighted by atomic mass is 9.85. The fraction of sp³-hybridized carbons (Fsp3) is 0.524. The summed E-state index contributed by atoms with van der Waals surface area (Å²) in [6.07, 6.45) is 3.29. The fourth-order valence-electron chi connectivity index (χ4n) is 3.81. The average Bonchev–Trinajstić information content (AvgIpc) is 3.33. The number of hydrogen-bond acceptors (Lipinski definition) is 6. The van der Waals surface area contributed by atoms with Gasteiger partial charge in [0.05, 0.1) is 12.3 Å². The zero-order valence-corrected chi connectivity index (χ0v) is 18.8. The lowest BCUT2D eigenvalue weighted by Gasteiger charge is -2.34. The predicted molar refractivity (Wildman–Crippen MR) is 116 cm³/mol. The molecule has 0 bridgehead atoms. The van der Waals surface area contributed by atoms with Crippen LogP contribution in [0.5, 0.6) is 0 Å². The van der Waals surface area contributed by atoms with Crippen molar-refractivity contribution < 1.29 is 14.7 Å². The van der Waals surface area contributed by atoms with Crippen LogP contribution in [0.15, 0.2) is 35.4 Å². The highest BCUT2D eigenvalue weighted by Gasteiger charge is 2.45. The van der Waals surface area contributed by atoms with Crippen molar-refractivity contribution in [1.82, 2.24) is 25.2 Å². The second-order valence-corrected chi connectivity index (χ2v) is 9.47. The summed E-state index contributed by atoms with van der Waals surface area (Å²) < 4.78 is 1.58.